The summed E-state index contributed by atoms with van der Waals surface area (Å²) >= 11 is 0. The molecule has 2 aliphatic rings. The van der Waals surface area contributed by atoms with E-state index in [0.717, 1.165) is 0 Å². The first kappa shape index (κ1) is 61.9. The van der Waals surface area contributed by atoms with Crippen LogP contribution in [-0.4, -0.2) is 287 Å². The lowest BCUT2D eigenvalue weighted by molar-refractivity contribution is -0.145. The van der Waals surface area contributed by atoms with E-state index in [1.165, 1.54) is 0 Å². The number of ether oxygens (including phenoxy) is 2. The Labute approximate surface area is 404 Å². The summed E-state index contributed by atoms with van der Waals surface area (Å²) in [6.07, 6.45) is 0.0685. The number of carboxylic acids is 5. The van der Waals surface area contributed by atoms with Gasteiger partial charge in [-0.05, 0) is 48.0 Å². The van der Waals surface area contributed by atoms with Gasteiger partial charge in [0.15, 0.2) is 0 Å². The molecule has 26 nitrogen and oxygen atoms in total. The second-order valence-electron chi connectivity index (χ2n) is 19.0. The van der Waals surface area contributed by atoms with Gasteiger partial charge in [-0.25, -0.2) is 0 Å². The van der Waals surface area contributed by atoms with Crippen molar-refractivity contribution in [2.75, 3.05) is 151 Å². The van der Waals surface area contributed by atoms with Crippen molar-refractivity contribution in [3.05, 3.63) is 0 Å². The molecule has 2 heterocycles. The zero-order valence-electron chi connectivity index (χ0n) is 41.2. The Balaban J connectivity index is 0.000000697. The van der Waals surface area contributed by atoms with Gasteiger partial charge in [0.05, 0.1) is 32.7 Å². The summed E-state index contributed by atoms with van der Waals surface area (Å²) in [6.45, 7) is 17.0. The molecule has 0 aromatic heterocycles. The highest BCUT2D eigenvalue weighted by molar-refractivity contribution is 5.79. The van der Waals surface area contributed by atoms with Crippen molar-refractivity contribution in [3.8, 4) is 0 Å². The van der Waals surface area contributed by atoms with Gasteiger partial charge in [-0.3, -0.25) is 82.4 Å². The Morgan fingerprint density at radius 2 is 0.725 bits per heavy atom. The zero-order valence-corrected chi connectivity index (χ0v) is 41.2. The molecule has 2 aliphatic heterocycles. The van der Waals surface area contributed by atoms with Crippen molar-refractivity contribution in [1.29, 1.82) is 0 Å². The summed E-state index contributed by atoms with van der Waals surface area (Å²) in [5.41, 5.74) is -0.815. The van der Waals surface area contributed by atoms with Gasteiger partial charge < -0.3 is 45.6 Å². The molecule has 2 amide bonds. The van der Waals surface area contributed by atoms with Crippen molar-refractivity contribution < 1.29 is 78.2 Å². The summed E-state index contributed by atoms with van der Waals surface area (Å²) in [4.78, 5) is 118. The van der Waals surface area contributed by atoms with Gasteiger partial charge >= 0.3 is 29.8 Å². The minimum absolute atomic E-state index is 0.00565. The molecule has 0 aromatic rings. The fraction of sp³-hybridized carbons (Fsp3) is 0.791. The highest BCUT2D eigenvalue weighted by Gasteiger charge is 2.29. The van der Waals surface area contributed by atoms with Crippen LogP contribution < -0.4 is 10.6 Å². The Morgan fingerprint density at radius 1 is 0.449 bits per heavy atom. The molecule has 7 N–H and O–H groups in total. The van der Waals surface area contributed by atoms with E-state index in [2.05, 4.69) is 10.6 Å². The van der Waals surface area contributed by atoms with Crippen molar-refractivity contribution in [2.45, 2.75) is 71.5 Å². The quantitative estimate of drug-likeness (QED) is 0.0567. The van der Waals surface area contributed by atoms with E-state index < -0.39 is 41.4 Å². The Kier molecular flexibility index (Phi) is 29.3. The molecule has 69 heavy (non-hydrogen) atoms. The first-order valence-corrected chi connectivity index (χ1v) is 22.9. The van der Waals surface area contributed by atoms with Gasteiger partial charge in [0.2, 0.25) is 11.8 Å². The van der Waals surface area contributed by atoms with Crippen molar-refractivity contribution in [1.82, 2.24) is 49.8 Å². The minimum Gasteiger partial charge on any atom is -0.480 e. The predicted octanol–water partition coefficient (Wildman–Crippen LogP) is -2.92. The third-order valence-electron chi connectivity index (χ3n) is 10.7. The largest absolute Gasteiger partial charge is 0.480 e. The van der Waals surface area contributed by atoms with E-state index in [1.807, 2.05) is 51.3 Å². The van der Waals surface area contributed by atoms with Gasteiger partial charge in [0, 0.05) is 122 Å². The number of carbonyl (C=O) groups is 9. The van der Waals surface area contributed by atoms with E-state index in [9.17, 15) is 68.7 Å². The normalized spacial score (nSPS) is 18.8. The van der Waals surface area contributed by atoms with E-state index in [-0.39, 0.29) is 109 Å². The average Bonchev–Trinajstić information content (AvgIpc) is 3.20. The molecule has 26 heteroatoms. The summed E-state index contributed by atoms with van der Waals surface area (Å²) < 4.78 is 9.79. The fourth-order valence-electron chi connectivity index (χ4n) is 7.40. The number of amides is 2. The Morgan fingerprint density at radius 3 is 1.01 bits per heavy atom. The first-order chi connectivity index (χ1) is 32.3. The number of carboxylic acid groups (broad SMARTS) is 5. The predicted molar refractivity (Wildman–Crippen MR) is 248 cm³/mol. The van der Waals surface area contributed by atoms with Gasteiger partial charge in [-0.2, -0.15) is 0 Å². The van der Waals surface area contributed by atoms with E-state index in [1.54, 1.807) is 29.4 Å². The van der Waals surface area contributed by atoms with Crippen molar-refractivity contribution in [2.24, 2.45) is 0 Å². The second-order valence-corrected chi connectivity index (χ2v) is 19.0. The van der Waals surface area contributed by atoms with Crippen LogP contribution in [-0.2, 0) is 52.6 Å². The molecule has 0 bridgehead atoms. The van der Waals surface area contributed by atoms with Crippen LogP contribution in [0.2, 0.25) is 0 Å². The summed E-state index contributed by atoms with van der Waals surface area (Å²) in [7, 11) is 0. The number of hydrogen-bond acceptors (Lipinski definition) is 19. The third-order valence-corrected chi connectivity index (χ3v) is 10.7. The topological polar surface area (TPSA) is 323 Å². The molecule has 0 saturated carbocycles. The Bertz CT molecular complexity index is 1630. The van der Waals surface area contributed by atoms with Crippen LogP contribution in [0.15, 0.2) is 0 Å². The molecule has 0 aromatic carbocycles. The van der Waals surface area contributed by atoms with Crippen LogP contribution in [0, 0.1) is 0 Å². The maximum Gasteiger partial charge on any atom is 0.320 e. The molecule has 2 rings (SSSR count). The van der Waals surface area contributed by atoms with Crippen LogP contribution in [0.25, 0.3) is 0 Å². The molecule has 1 atom stereocenters. The number of nitrogens with zero attached hydrogens (tertiary/aromatic N) is 8. The summed E-state index contributed by atoms with van der Waals surface area (Å²) in [6, 6.07) is -0.988. The molecule has 2 fully saturated rings. The lowest BCUT2D eigenvalue weighted by atomic mass is 10.1. The maximum atomic E-state index is 12.5. The van der Waals surface area contributed by atoms with E-state index in [0.29, 0.717) is 84.9 Å². The lowest BCUT2D eigenvalue weighted by Gasteiger charge is -2.35. The molecular weight excluding hydrogens is 913 g/mol. The van der Waals surface area contributed by atoms with Crippen LogP contribution >= 0.6 is 0 Å². The van der Waals surface area contributed by atoms with Crippen molar-refractivity contribution >= 4 is 54.6 Å². The molecule has 1 unspecified atom stereocenters. The van der Waals surface area contributed by atoms with Crippen molar-refractivity contribution in [3.63, 3.8) is 0 Å². The SMILES string of the molecule is CC(C)(C)NC(=O)CCC(C(=O)O)N1CCN(COC=O)CCN(CC(=O)O)CCN(CC(=O)O)CC1.CC(C)(C)NC(=O)CN1CCN(COC=O)CCN(CC(=O)O)CCN(CC(=O)O)CC1. The highest BCUT2D eigenvalue weighted by atomic mass is 16.5. The number of nitrogens with one attached hydrogen (secondary N) is 2. The molecule has 396 valence electrons. The van der Waals surface area contributed by atoms with Gasteiger partial charge in [0.1, 0.15) is 19.5 Å². The third kappa shape index (κ3) is 31.6. The molecule has 2 saturated heterocycles. The Hall–Kier alpha value is -5.09. The van der Waals surface area contributed by atoms with Crippen LogP contribution in [0.3, 0.4) is 0 Å². The fourth-order valence-corrected chi connectivity index (χ4v) is 7.40. The second kappa shape index (κ2) is 32.7. The summed E-state index contributed by atoms with van der Waals surface area (Å²) in [5.74, 6) is -5.47. The maximum absolute atomic E-state index is 12.5. The smallest absolute Gasteiger partial charge is 0.320 e. The van der Waals surface area contributed by atoms with Crippen LogP contribution in [0.5, 0.6) is 0 Å². The van der Waals surface area contributed by atoms with Crippen LogP contribution in [0.1, 0.15) is 54.4 Å². The number of rotatable bonds is 21. The van der Waals surface area contributed by atoms with Gasteiger partial charge in [-0.15, -0.1) is 0 Å². The number of aliphatic carboxylic acids is 5. The van der Waals surface area contributed by atoms with Gasteiger partial charge in [-0.1, -0.05) is 0 Å². The average molecular weight is 991 g/mol. The minimum atomic E-state index is -1.09. The number of carbonyl (C=O) groups excluding carboxylic acids is 4. The lowest BCUT2D eigenvalue weighted by Crippen LogP contribution is -2.51. The first-order valence-electron chi connectivity index (χ1n) is 22.9. The van der Waals surface area contributed by atoms with E-state index >= 15 is 0 Å². The standard InChI is InChI=1S/C23H41N5O9.C20H37N5O7/c1-23(2,3)24-19(30)5-4-18(22(35)36)28-12-10-26(15-21(33)34)7-6-25(14-20(31)32)8-9-27(11-13-28)16-37-17-29;1-20(2,3)21-17(27)12-22-4-5-23(13-18(28)29)6-7-24(14-19(30)31)9-11-25(10-8-22)15-32-16-26/h17-18H,4-16H2,1-3H3,(H,24,30)(H,31,32)(H,33,34)(H,35,36);16H,4-15H2,1-3H3,(H,21,27)(H,28,29)(H,30,31). The van der Waals surface area contributed by atoms with Gasteiger partial charge in [0.25, 0.3) is 12.9 Å². The van der Waals surface area contributed by atoms with E-state index in [4.69, 9.17) is 9.47 Å². The zero-order chi connectivity index (χ0) is 52.2. The number of hydrogen-bond donors (Lipinski definition) is 7. The molecular formula is C43H78N10O16. The van der Waals surface area contributed by atoms with Crippen LogP contribution in [0.4, 0.5) is 0 Å². The highest BCUT2D eigenvalue weighted by Crippen LogP contribution is 2.12. The summed E-state index contributed by atoms with van der Waals surface area (Å²) in [5, 5.41) is 52.7. The monoisotopic (exact) mass is 991 g/mol. The molecule has 0 aliphatic carbocycles. The molecule has 0 radical (unpaired) electrons. The molecule has 0 spiro atoms.